The van der Waals surface area contributed by atoms with E-state index in [4.69, 9.17) is 14.2 Å². The minimum atomic E-state index is -0.257. The molecule has 0 saturated heterocycles. The van der Waals surface area contributed by atoms with E-state index >= 15 is 0 Å². The van der Waals surface area contributed by atoms with Crippen LogP contribution in [0, 0.1) is 19.8 Å². The second-order valence-electron chi connectivity index (χ2n) is 8.88. The Balaban J connectivity index is 2.32. The summed E-state index contributed by atoms with van der Waals surface area (Å²) in [6.45, 7) is 8.54. The fraction of sp³-hybridized carbons (Fsp3) is 0.481. The Labute approximate surface area is 197 Å². The topological polar surface area (TPSA) is 73.9 Å². The molecular formula is C27H37NO5. The molecule has 0 aromatic heterocycles. The highest BCUT2D eigenvalue weighted by Gasteiger charge is 2.20. The van der Waals surface area contributed by atoms with Crippen LogP contribution in [0.5, 0.6) is 5.75 Å². The molecule has 0 aliphatic heterocycles. The number of hydrogen-bond acceptors (Lipinski definition) is 5. The maximum atomic E-state index is 13.5. The molecule has 2 aromatic carbocycles. The van der Waals surface area contributed by atoms with Crippen LogP contribution in [0.15, 0.2) is 36.4 Å². The molecule has 1 N–H and O–H groups in total. The minimum absolute atomic E-state index is 0.0985. The number of aryl methyl sites for hydroxylation is 3. The van der Waals surface area contributed by atoms with E-state index in [1.165, 1.54) is 18.2 Å². The number of amides is 1. The molecule has 0 bridgehead atoms. The third kappa shape index (κ3) is 8.54. The van der Waals surface area contributed by atoms with Crippen molar-refractivity contribution in [3.8, 4) is 5.75 Å². The number of ether oxygens (including phenoxy) is 3. The molecule has 180 valence electrons. The van der Waals surface area contributed by atoms with Crippen molar-refractivity contribution < 1.29 is 23.8 Å². The van der Waals surface area contributed by atoms with E-state index in [0.29, 0.717) is 36.5 Å². The van der Waals surface area contributed by atoms with Gasteiger partial charge in [-0.15, -0.1) is 0 Å². The van der Waals surface area contributed by atoms with Crippen molar-refractivity contribution in [2.45, 2.75) is 59.4 Å². The molecule has 6 nitrogen and oxygen atoms in total. The molecule has 1 unspecified atom stereocenters. The van der Waals surface area contributed by atoms with E-state index < -0.39 is 0 Å². The summed E-state index contributed by atoms with van der Waals surface area (Å²) >= 11 is 0. The second-order valence-corrected chi connectivity index (χ2v) is 8.88. The van der Waals surface area contributed by atoms with Crippen molar-refractivity contribution in [2.24, 2.45) is 5.92 Å². The molecule has 2 aromatic rings. The molecule has 0 heterocycles. The van der Waals surface area contributed by atoms with Crippen molar-refractivity contribution in [2.75, 3.05) is 21.0 Å². The second kappa shape index (κ2) is 13.0. The standard InChI is InChI=1S/C27H37NO5/c1-18(2)12-25(22-14-19(3)13-20(4)15-22)28-27(30)24-16-23(33-17-31-5)11-10-21(24)8-7-9-26(29)32-6/h10-11,13-16,18,25H,7-9,12,17H2,1-6H3,(H,28,30). The van der Waals surface area contributed by atoms with Gasteiger partial charge in [0.05, 0.1) is 13.2 Å². The number of methoxy groups -OCH3 is 2. The fourth-order valence-corrected chi connectivity index (χ4v) is 3.92. The van der Waals surface area contributed by atoms with Crippen molar-refractivity contribution in [3.63, 3.8) is 0 Å². The summed E-state index contributed by atoms with van der Waals surface area (Å²) in [5, 5.41) is 3.25. The highest BCUT2D eigenvalue weighted by atomic mass is 16.7. The molecule has 0 aliphatic rings. The van der Waals surface area contributed by atoms with Gasteiger partial charge in [0.15, 0.2) is 6.79 Å². The van der Waals surface area contributed by atoms with Crippen LogP contribution < -0.4 is 10.1 Å². The van der Waals surface area contributed by atoms with Gasteiger partial charge in [-0.2, -0.15) is 0 Å². The number of hydrogen-bond donors (Lipinski definition) is 1. The summed E-state index contributed by atoms with van der Waals surface area (Å²) in [4.78, 5) is 25.0. The summed E-state index contributed by atoms with van der Waals surface area (Å²) in [5.41, 5.74) is 4.86. The monoisotopic (exact) mass is 455 g/mol. The molecule has 2 rings (SSSR count). The predicted molar refractivity (Wildman–Crippen MR) is 129 cm³/mol. The summed E-state index contributed by atoms with van der Waals surface area (Å²) in [6.07, 6.45) is 2.31. The number of benzene rings is 2. The molecule has 0 radical (unpaired) electrons. The van der Waals surface area contributed by atoms with Gasteiger partial charge in [0, 0.05) is 19.1 Å². The van der Waals surface area contributed by atoms with Crippen LogP contribution in [0.2, 0.25) is 0 Å². The molecule has 0 saturated carbocycles. The smallest absolute Gasteiger partial charge is 0.305 e. The Morgan fingerprint density at radius 2 is 1.70 bits per heavy atom. The van der Waals surface area contributed by atoms with Gasteiger partial charge in [0.1, 0.15) is 5.75 Å². The first-order valence-electron chi connectivity index (χ1n) is 11.4. The molecule has 33 heavy (non-hydrogen) atoms. The lowest BCUT2D eigenvalue weighted by molar-refractivity contribution is -0.140. The van der Waals surface area contributed by atoms with Crippen molar-refractivity contribution >= 4 is 11.9 Å². The SMILES string of the molecule is COCOc1ccc(CCCC(=O)OC)c(C(=O)NC(CC(C)C)c2cc(C)cc(C)c2)c1. The molecule has 0 aliphatic carbocycles. The third-order valence-electron chi connectivity index (χ3n) is 5.38. The molecule has 0 fully saturated rings. The molecule has 1 amide bonds. The highest BCUT2D eigenvalue weighted by molar-refractivity contribution is 5.96. The predicted octanol–water partition coefficient (Wildman–Crippen LogP) is 5.30. The Bertz CT molecular complexity index is 918. The van der Waals surface area contributed by atoms with E-state index in [2.05, 4.69) is 51.2 Å². The van der Waals surface area contributed by atoms with Crippen LogP contribution in [-0.2, 0) is 20.7 Å². The lowest BCUT2D eigenvalue weighted by atomic mass is 9.93. The van der Waals surface area contributed by atoms with Crippen LogP contribution in [0.3, 0.4) is 0 Å². The van der Waals surface area contributed by atoms with Crippen molar-refractivity contribution in [1.82, 2.24) is 5.32 Å². The Morgan fingerprint density at radius 3 is 2.30 bits per heavy atom. The van der Waals surface area contributed by atoms with E-state index in [0.717, 1.165) is 17.5 Å². The van der Waals surface area contributed by atoms with Gasteiger partial charge < -0.3 is 19.5 Å². The average molecular weight is 456 g/mol. The first-order chi connectivity index (χ1) is 15.7. The maximum absolute atomic E-state index is 13.5. The first kappa shape index (κ1) is 26.4. The number of carbonyl (C=O) groups is 2. The summed E-state index contributed by atoms with van der Waals surface area (Å²) in [6, 6.07) is 11.7. The van der Waals surface area contributed by atoms with E-state index in [1.807, 2.05) is 12.1 Å². The molecular weight excluding hydrogens is 418 g/mol. The zero-order chi connectivity index (χ0) is 24.4. The normalized spacial score (nSPS) is 11.8. The quantitative estimate of drug-likeness (QED) is 0.347. The Hall–Kier alpha value is -2.86. The lowest BCUT2D eigenvalue weighted by Gasteiger charge is -2.23. The molecule has 6 heteroatoms. The van der Waals surface area contributed by atoms with Gasteiger partial charge in [-0.3, -0.25) is 9.59 Å². The van der Waals surface area contributed by atoms with Crippen LogP contribution in [-0.4, -0.2) is 32.9 Å². The van der Waals surface area contributed by atoms with E-state index in [1.54, 1.807) is 13.2 Å². The zero-order valence-corrected chi connectivity index (χ0v) is 20.7. The molecule has 1 atom stereocenters. The third-order valence-corrected chi connectivity index (χ3v) is 5.38. The largest absolute Gasteiger partial charge is 0.469 e. The van der Waals surface area contributed by atoms with Crippen molar-refractivity contribution in [1.29, 1.82) is 0 Å². The average Bonchev–Trinajstić information content (AvgIpc) is 2.76. The van der Waals surface area contributed by atoms with Crippen LogP contribution in [0.1, 0.15) is 71.8 Å². The Morgan fingerprint density at radius 1 is 1.00 bits per heavy atom. The maximum Gasteiger partial charge on any atom is 0.305 e. The number of rotatable bonds is 12. The van der Waals surface area contributed by atoms with E-state index in [-0.39, 0.29) is 24.7 Å². The lowest BCUT2D eigenvalue weighted by Crippen LogP contribution is -2.30. The Kier molecular flexibility index (Phi) is 10.4. The summed E-state index contributed by atoms with van der Waals surface area (Å²) in [5.74, 6) is 0.557. The van der Waals surface area contributed by atoms with Gasteiger partial charge in [-0.1, -0.05) is 49.2 Å². The minimum Gasteiger partial charge on any atom is -0.469 e. The van der Waals surface area contributed by atoms with Crippen LogP contribution in [0.4, 0.5) is 0 Å². The number of esters is 1. The molecule has 0 spiro atoms. The highest BCUT2D eigenvalue weighted by Crippen LogP contribution is 2.26. The van der Waals surface area contributed by atoms with Crippen molar-refractivity contribution in [3.05, 3.63) is 64.2 Å². The van der Waals surface area contributed by atoms with E-state index in [9.17, 15) is 9.59 Å². The van der Waals surface area contributed by atoms with Gasteiger partial charge in [-0.25, -0.2) is 0 Å². The van der Waals surface area contributed by atoms with Crippen LogP contribution in [0.25, 0.3) is 0 Å². The van der Waals surface area contributed by atoms with Gasteiger partial charge >= 0.3 is 5.97 Å². The van der Waals surface area contributed by atoms with Gasteiger partial charge in [0.25, 0.3) is 5.91 Å². The summed E-state index contributed by atoms with van der Waals surface area (Å²) < 4.78 is 15.3. The zero-order valence-electron chi connectivity index (χ0n) is 20.7. The fourth-order valence-electron chi connectivity index (χ4n) is 3.92. The first-order valence-corrected chi connectivity index (χ1v) is 11.4. The number of carbonyl (C=O) groups excluding carboxylic acids is 2. The van der Waals surface area contributed by atoms with Gasteiger partial charge in [0.2, 0.25) is 0 Å². The van der Waals surface area contributed by atoms with Gasteiger partial charge in [-0.05, 0) is 62.3 Å². The summed E-state index contributed by atoms with van der Waals surface area (Å²) in [7, 11) is 2.93. The number of nitrogens with one attached hydrogen (secondary N) is 1. The van der Waals surface area contributed by atoms with Crippen LogP contribution >= 0.6 is 0 Å².